The lowest BCUT2D eigenvalue weighted by Crippen LogP contribution is -2.39. The van der Waals surface area contributed by atoms with Crippen LogP contribution in [0.3, 0.4) is 0 Å². The van der Waals surface area contributed by atoms with Crippen molar-refractivity contribution >= 4 is 41.0 Å². The highest BCUT2D eigenvalue weighted by atomic mass is 127. The SMILES string of the molecule is CN=C(NCCCc1nc2ccccc2[nH]1)N(C)Cc1cn(C)nc1C(C)C.I. The summed E-state index contributed by atoms with van der Waals surface area (Å²) in [4.78, 5) is 14.6. The minimum Gasteiger partial charge on any atom is -0.356 e. The van der Waals surface area contributed by atoms with Crippen molar-refractivity contribution in [3.05, 3.63) is 47.5 Å². The Labute approximate surface area is 190 Å². The van der Waals surface area contributed by atoms with Crippen molar-refractivity contribution in [2.75, 3.05) is 20.6 Å². The zero-order chi connectivity index (χ0) is 20.1. The predicted octanol–water partition coefficient (Wildman–Crippen LogP) is 3.68. The molecule has 3 rings (SSSR count). The van der Waals surface area contributed by atoms with E-state index in [9.17, 15) is 0 Å². The summed E-state index contributed by atoms with van der Waals surface area (Å²) in [7, 11) is 5.86. The lowest BCUT2D eigenvalue weighted by Gasteiger charge is -2.22. The van der Waals surface area contributed by atoms with Crippen LogP contribution in [0.1, 0.15) is 43.3 Å². The second kappa shape index (κ2) is 10.6. The number of nitrogens with one attached hydrogen (secondary N) is 2. The van der Waals surface area contributed by atoms with Crippen molar-refractivity contribution in [2.24, 2.45) is 12.0 Å². The van der Waals surface area contributed by atoms with Gasteiger partial charge in [-0.05, 0) is 24.5 Å². The first-order valence-corrected chi connectivity index (χ1v) is 9.85. The molecule has 0 bridgehead atoms. The molecule has 0 spiro atoms. The van der Waals surface area contributed by atoms with E-state index in [1.54, 1.807) is 0 Å². The van der Waals surface area contributed by atoms with Gasteiger partial charge in [-0.25, -0.2) is 4.98 Å². The van der Waals surface area contributed by atoms with E-state index in [1.807, 2.05) is 37.0 Å². The third-order valence-corrected chi connectivity index (χ3v) is 4.78. The van der Waals surface area contributed by atoms with Crippen molar-refractivity contribution in [2.45, 2.75) is 39.2 Å². The van der Waals surface area contributed by atoms with Crippen LogP contribution >= 0.6 is 24.0 Å². The number of nitrogens with zero attached hydrogens (tertiary/aromatic N) is 5. The fourth-order valence-corrected chi connectivity index (χ4v) is 3.46. The number of hydrogen-bond acceptors (Lipinski definition) is 3. The Morgan fingerprint density at radius 1 is 1.31 bits per heavy atom. The van der Waals surface area contributed by atoms with Gasteiger partial charge in [-0.2, -0.15) is 5.10 Å². The van der Waals surface area contributed by atoms with Crippen LogP contribution in [0.25, 0.3) is 11.0 Å². The van der Waals surface area contributed by atoms with E-state index >= 15 is 0 Å². The fourth-order valence-electron chi connectivity index (χ4n) is 3.46. The molecule has 0 saturated heterocycles. The average molecular weight is 509 g/mol. The molecule has 2 aromatic heterocycles. The standard InChI is InChI=1S/C21H31N7.HI/c1-15(2)20-16(14-28(5)26-20)13-27(4)21(22-3)23-12-8-11-19-24-17-9-6-7-10-18(17)25-19;/h6-7,9-10,14-15H,8,11-13H2,1-5H3,(H,22,23)(H,24,25);1H. The van der Waals surface area contributed by atoms with Crippen molar-refractivity contribution in [1.29, 1.82) is 0 Å². The Kier molecular flexibility index (Phi) is 8.48. The highest BCUT2D eigenvalue weighted by Gasteiger charge is 2.15. The number of aromatic amines is 1. The molecule has 0 atom stereocenters. The van der Waals surface area contributed by atoms with E-state index in [4.69, 9.17) is 0 Å². The molecular weight excluding hydrogens is 477 g/mol. The van der Waals surface area contributed by atoms with Crippen LogP contribution in [0, 0.1) is 0 Å². The van der Waals surface area contributed by atoms with E-state index in [1.165, 1.54) is 5.56 Å². The summed E-state index contributed by atoms with van der Waals surface area (Å²) in [5, 5.41) is 8.05. The van der Waals surface area contributed by atoms with Gasteiger partial charge in [0.05, 0.1) is 16.7 Å². The number of imidazole rings is 1. The second-order valence-electron chi connectivity index (χ2n) is 7.50. The molecule has 2 heterocycles. The largest absolute Gasteiger partial charge is 0.356 e. The van der Waals surface area contributed by atoms with Gasteiger partial charge in [0.1, 0.15) is 5.82 Å². The zero-order valence-electron chi connectivity index (χ0n) is 17.9. The number of guanidine groups is 1. The van der Waals surface area contributed by atoms with Crippen LogP contribution in [-0.4, -0.2) is 51.2 Å². The maximum Gasteiger partial charge on any atom is 0.193 e. The summed E-state index contributed by atoms with van der Waals surface area (Å²) in [6.45, 7) is 5.98. The third-order valence-electron chi connectivity index (χ3n) is 4.78. The molecule has 158 valence electrons. The minimum absolute atomic E-state index is 0. The fraction of sp³-hybridized carbons (Fsp3) is 0.476. The number of aliphatic imine (C=N–C) groups is 1. The molecule has 0 saturated carbocycles. The molecule has 29 heavy (non-hydrogen) atoms. The number of halogens is 1. The van der Waals surface area contributed by atoms with Gasteiger partial charge >= 0.3 is 0 Å². The molecule has 8 heteroatoms. The third kappa shape index (κ3) is 5.94. The van der Waals surface area contributed by atoms with Crippen molar-refractivity contribution in [3.63, 3.8) is 0 Å². The molecule has 0 aliphatic carbocycles. The van der Waals surface area contributed by atoms with Crippen LogP contribution in [0.4, 0.5) is 0 Å². The zero-order valence-corrected chi connectivity index (χ0v) is 20.3. The Bertz CT molecular complexity index is 909. The van der Waals surface area contributed by atoms with Crippen LogP contribution in [0.2, 0.25) is 0 Å². The monoisotopic (exact) mass is 509 g/mol. The van der Waals surface area contributed by atoms with Crippen LogP contribution in [-0.2, 0) is 20.0 Å². The maximum atomic E-state index is 4.64. The molecule has 0 radical (unpaired) electrons. The molecule has 0 aliphatic heterocycles. The first-order chi connectivity index (χ1) is 13.5. The number of H-pyrrole nitrogens is 1. The van der Waals surface area contributed by atoms with E-state index in [0.29, 0.717) is 5.92 Å². The maximum absolute atomic E-state index is 4.64. The van der Waals surface area contributed by atoms with Crippen LogP contribution in [0.5, 0.6) is 0 Å². The van der Waals surface area contributed by atoms with Crippen molar-refractivity contribution in [3.8, 4) is 0 Å². The highest BCUT2D eigenvalue weighted by Crippen LogP contribution is 2.18. The predicted molar refractivity (Wildman–Crippen MR) is 130 cm³/mol. The number of benzene rings is 1. The average Bonchev–Trinajstić information content (AvgIpc) is 3.24. The van der Waals surface area contributed by atoms with E-state index < -0.39 is 0 Å². The van der Waals surface area contributed by atoms with Gasteiger partial charge in [0, 0.05) is 52.4 Å². The number of fused-ring (bicyclic) bond motifs is 1. The summed E-state index contributed by atoms with van der Waals surface area (Å²) in [5.41, 5.74) is 4.51. The van der Waals surface area contributed by atoms with Gasteiger partial charge in [0.25, 0.3) is 0 Å². The molecule has 0 aliphatic rings. The van der Waals surface area contributed by atoms with Gasteiger partial charge in [-0.3, -0.25) is 9.67 Å². The first-order valence-electron chi connectivity index (χ1n) is 9.85. The van der Waals surface area contributed by atoms with Gasteiger partial charge in [-0.1, -0.05) is 26.0 Å². The van der Waals surface area contributed by atoms with E-state index in [2.05, 4.69) is 63.4 Å². The Hall–Kier alpha value is -2.10. The molecule has 1 aromatic carbocycles. The number of aromatic nitrogens is 4. The van der Waals surface area contributed by atoms with Gasteiger partial charge in [0.2, 0.25) is 0 Å². The normalized spacial score (nSPS) is 11.7. The second-order valence-corrected chi connectivity index (χ2v) is 7.50. The molecular formula is C21H32IN7. The smallest absolute Gasteiger partial charge is 0.193 e. The Balaban J connectivity index is 0.00000300. The lowest BCUT2D eigenvalue weighted by molar-refractivity contribution is 0.472. The number of para-hydroxylation sites is 2. The minimum atomic E-state index is 0. The summed E-state index contributed by atoms with van der Waals surface area (Å²) < 4.78 is 1.89. The van der Waals surface area contributed by atoms with E-state index in [0.717, 1.165) is 54.4 Å². The molecule has 0 unspecified atom stereocenters. The number of aryl methyl sites for hydroxylation is 2. The van der Waals surface area contributed by atoms with Crippen LogP contribution < -0.4 is 5.32 Å². The molecule has 7 nitrogen and oxygen atoms in total. The van der Waals surface area contributed by atoms with Gasteiger partial charge in [0.15, 0.2) is 5.96 Å². The quantitative estimate of drug-likeness (QED) is 0.221. The number of hydrogen-bond donors (Lipinski definition) is 2. The van der Waals surface area contributed by atoms with Gasteiger partial charge < -0.3 is 15.2 Å². The van der Waals surface area contributed by atoms with E-state index in [-0.39, 0.29) is 24.0 Å². The van der Waals surface area contributed by atoms with Crippen LogP contribution in [0.15, 0.2) is 35.5 Å². The molecule has 0 amide bonds. The topological polar surface area (TPSA) is 74.1 Å². The lowest BCUT2D eigenvalue weighted by atomic mass is 10.1. The Morgan fingerprint density at radius 2 is 2.07 bits per heavy atom. The first kappa shape index (κ1) is 23.2. The molecule has 3 aromatic rings. The Morgan fingerprint density at radius 3 is 2.76 bits per heavy atom. The van der Waals surface area contributed by atoms with Crippen molar-refractivity contribution < 1.29 is 0 Å². The summed E-state index contributed by atoms with van der Waals surface area (Å²) >= 11 is 0. The molecule has 0 fully saturated rings. The number of rotatable bonds is 7. The molecule has 2 N–H and O–H groups in total. The van der Waals surface area contributed by atoms with Crippen molar-refractivity contribution in [1.82, 2.24) is 30.0 Å². The summed E-state index contributed by atoms with van der Waals surface area (Å²) in [6.07, 6.45) is 3.99. The summed E-state index contributed by atoms with van der Waals surface area (Å²) in [5.74, 6) is 2.33. The highest BCUT2D eigenvalue weighted by molar-refractivity contribution is 14.0. The van der Waals surface area contributed by atoms with Gasteiger partial charge in [-0.15, -0.1) is 24.0 Å². The summed E-state index contributed by atoms with van der Waals surface area (Å²) in [6, 6.07) is 8.14.